The van der Waals surface area contributed by atoms with E-state index in [9.17, 15) is 0 Å². The van der Waals surface area contributed by atoms with Gasteiger partial charge in [0.05, 0.1) is 11.7 Å². The average Bonchev–Trinajstić information content (AvgIpc) is 2.26. The lowest BCUT2D eigenvalue weighted by Crippen LogP contribution is -2.18. The van der Waals surface area contributed by atoms with E-state index >= 15 is 0 Å². The van der Waals surface area contributed by atoms with Gasteiger partial charge in [0.2, 0.25) is 0 Å². The van der Waals surface area contributed by atoms with Gasteiger partial charge >= 0.3 is 0 Å². The van der Waals surface area contributed by atoms with Crippen molar-refractivity contribution in [3.8, 4) is 0 Å². The second kappa shape index (κ2) is 6.03. The lowest BCUT2D eigenvalue weighted by Gasteiger charge is -2.17. The van der Waals surface area contributed by atoms with E-state index in [2.05, 4.69) is 39.7 Å². The van der Waals surface area contributed by atoms with E-state index in [1.807, 2.05) is 25.4 Å². The third-order valence-corrected chi connectivity index (χ3v) is 3.13. The smallest absolute Gasteiger partial charge is 0.0718 e. The van der Waals surface area contributed by atoms with Gasteiger partial charge in [0.1, 0.15) is 0 Å². The summed E-state index contributed by atoms with van der Waals surface area (Å²) in [5.74, 6) is 0. The standard InChI is InChI=1S/C12H17BrN2/c1-4-9(2)8-11(14-3)12-10(13)6-5-7-15-12/h5-7,11,14H,2,4,8H2,1,3H3. The van der Waals surface area contributed by atoms with Crippen LogP contribution in [0.3, 0.4) is 0 Å². The van der Waals surface area contributed by atoms with Crippen LogP contribution in [0.5, 0.6) is 0 Å². The minimum atomic E-state index is 0.244. The van der Waals surface area contributed by atoms with Gasteiger partial charge in [-0.3, -0.25) is 4.98 Å². The SMILES string of the molecule is C=C(CC)CC(NC)c1ncccc1Br. The zero-order valence-electron chi connectivity index (χ0n) is 9.26. The Labute approximate surface area is 99.9 Å². The molecule has 0 fully saturated rings. The van der Waals surface area contributed by atoms with E-state index in [-0.39, 0.29) is 6.04 Å². The molecule has 3 heteroatoms. The minimum Gasteiger partial charge on any atom is -0.311 e. The molecule has 2 nitrogen and oxygen atoms in total. The van der Waals surface area contributed by atoms with Gasteiger partial charge < -0.3 is 5.32 Å². The molecule has 1 atom stereocenters. The highest BCUT2D eigenvalue weighted by Gasteiger charge is 2.14. The van der Waals surface area contributed by atoms with Crippen molar-refractivity contribution in [1.82, 2.24) is 10.3 Å². The summed E-state index contributed by atoms with van der Waals surface area (Å²) < 4.78 is 1.05. The first-order valence-corrected chi connectivity index (χ1v) is 5.92. The Hall–Kier alpha value is -0.670. The topological polar surface area (TPSA) is 24.9 Å². The van der Waals surface area contributed by atoms with Gasteiger partial charge in [-0.25, -0.2) is 0 Å². The largest absolute Gasteiger partial charge is 0.311 e. The van der Waals surface area contributed by atoms with E-state index in [4.69, 9.17) is 0 Å². The fraction of sp³-hybridized carbons (Fsp3) is 0.417. The predicted octanol–water partition coefficient (Wildman–Crippen LogP) is 3.46. The number of nitrogens with one attached hydrogen (secondary N) is 1. The maximum absolute atomic E-state index is 4.39. The highest BCUT2D eigenvalue weighted by atomic mass is 79.9. The highest BCUT2D eigenvalue weighted by Crippen LogP contribution is 2.25. The normalized spacial score (nSPS) is 12.5. The molecule has 1 N–H and O–H groups in total. The van der Waals surface area contributed by atoms with Crippen molar-refractivity contribution < 1.29 is 0 Å². The molecule has 1 heterocycles. The minimum absolute atomic E-state index is 0.244. The van der Waals surface area contributed by atoms with Gasteiger partial charge in [0.25, 0.3) is 0 Å². The Balaban J connectivity index is 2.83. The first kappa shape index (κ1) is 12.4. The number of pyridine rings is 1. The summed E-state index contributed by atoms with van der Waals surface area (Å²) in [6.45, 7) is 6.16. The fourth-order valence-electron chi connectivity index (χ4n) is 1.42. The van der Waals surface area contributed by atoms with Crippen molar-refractivity contribution >= 4 is 15.9 Å². The lowest BCUT2D eigenvalue weighted by molar-refractivity contribution is 0.565. The van der Waals surface area contributed by atoms with Crippen molar-refractivity contribution in [1.29, 1.82) is 0 Å². The van der Waals surface area contributed by atoms with Crippen molar-refractivity contribution in [3.05, 3.63) is 40.6 Å². The Morgan fingerprint density at radius 3 is 2.93 bits per heavy atom. The van der Waals surface area contributed by atoms with E-state index in [0.717, 1.165) is 23.0 Å². The monoisotopic (exact) mass is 268 g/mol. The number of nitrogens with zero attached hydrogens (tertiary/aromatic N) is 1. The molecule has 0 radical (unpaired) electrons. The van der Waals surface area contributed by atoms with Crippen molar-refractivity contribution in [2.75, 3.05) is 7.05 Å². The molecule has 0 aromatic carbocycles. The fourth-order valence-corrected chi connectivity index (χ4v) is 1.95. The molecule has 82 valence electrons. The van der Waals surface area contributed by atoms with Crippen molar-refractivity contribution in [3.63, 3.8) is 0 Å². The number of halogens is 1. The van der Waals surface area contributed by atoms with Gasteiger partial charge in [0, 0.05) is 10.7 Å². The van der Waals surface area contributed by atoms with Gasteiger partial charge in [-0.15, -0.1) is 0 Å². The zero-order valence-corrected chi connectivity index (χ0v) is 10.8. The number of aromatic nitrogens is 1. The molecule has 0 amide bonds. The maximum Gasteiger partial charge on any atom is 0.0718 e. The lowest BCUT2D eigenvalue weighted by atomic mass is 10.0. The van der Waals surface area contributed by atoms with Crippen LogP contribution in [-0.2, 0) is 0 Å². The van der Waals surface area contributed by atoms with Crippen LogP contribution < -0.4 is 5.32 Å². The summed E-state index contributed by atoms with van der Waals surface area (Å²) >= 11 is 3.52. The molecule has 15 heavy (non-hydrogen) atoms. The summed E-state index contributed by atoms with van der Waals surface area (Å²) in [6.07, 6.45) is 3.77. The van der Waals surface area contributed by atoms with Crippen LogP contribution in [0, 0.1) is 0 Å². The van der Waals surface area contributed by atoms with E-state index in [1.165, 1.54) is 5.57 Å². The third-order valence-electron chi connectivity index (χ3n) is 2.46. The molecule has 1 aromatic rings. The Kier molecular flexibility index (Phi) is 4.99. The van der Waals surface area contributed by atoms with Crippen LogP contribution in [0.4, 0.5) is 0 Å². The summed E-state index contributed by atoms with van der Waals surface area (Å²) in [4.78, 5) is 4.39. The number of rotatable bonds is 5. The van der Waals surface area contributed by atoms with Crippen LogP contribution in [0.15, 0.2) is 35.0 Å². The predicted molar refractivity (Wildman–Crippen MR) is 67.8 cm³/mol. The molecule has 0 saturated heterocycles. The molecule has 1 rings (SSSR count). The van der Waals surface area contributed by atoms with Crippen LogP contribution in [0.1, 0.15) is 31.5 Å². The second-order valence-electron chi connectivity index (χ2n) is 3.52. The quantitative estimate of drug-likeness (QED) is 0.828. The molecule has 0 aliphatic rings. The van der Waals surface area contributed by atoms with E-state index < -0.39 is 0 Å². The number of hydrogen-bond acceptors (Lipinski definition) is 2. The van der Waals surface area contributed by atoms with Gasteiger partial charge in [0.15, 0.2) is 0 Å². The van der Waals surface area contributed by atoms with Gasteiger partial charge in [-0.2, -0.15) is 0 Å². The first-order valence-electron chi connectivity index (χ1n) is 5.13. The van der Waals surface area contributed by atoms with Crippen LogP contribution in [0.25, 0.3) is 0 Å². The van der Waals surface area contributed by atoms with Crippen LogP contribution >= 0.6 is 15.9 Å². The molecule has 0 bridgehead atoms. The molecule has 0 spiro atoms. The first-order chi connectivity index (χ1) is 7.19. The van der Waals surface area contributed by atoms with Gasteiger partial charge in [-0.05, 0) is 48.0 Å². The summed E-state index contributed by atoms with van der Waals surface area (Å²) in [6, 6.07) is 4.18. The van der Waals surface area contributed by atoms with Gasteiger partial charge in [-0.1, -0.05) is 19.1 Å². The van der Waals surface area contributed by atoms with Crippen molar-refractivity contribution in [2.45, 2.75) is 25.8 Å². The molecule has 0 aliphatic carbocycles. The molecule has 1 unspecified atom stereocenters. The van der Waals surface area contributed by atoms with E-state index in [1.54, 1.807) is 0 Å². The average molecular weight is 269 g/mol. The van der Waals surface area contributed by atoms with E-state index in [0.29, 0.717) is 0 Å². The Morgan fingerprint density at radius 2 is 2.40 bits per heavy atom. The molecular formula is C12H17BrN2. The molecular weight excluding hydrogens is 252 g/mol. The maximum atomic E-state index is 4.39. The summed E-state index contributed by atoms with van der Waals surface area (Å²) in [5, 5.41) is 3.27. The Bertz CT molecular complexity index is 336. The Morgan fingerprint density at radius 1 is 1.67 bits per heavy atom. The highest BCUT2D eigenvalue weighted by molar-refractivity contribution is 9.10. The summed E-state index contributed by atoms with van der Waals surface area (Å²) in [7, 11) is 1.95. The zero-order chi connectivity index (χ0) is 11.3. The summed E-state index contributed by atoms with van der Waals surface area (Å²) in [5.41, 5.74) is 2.29. The number of hydrogen-bond donors (Lipinski definition) is 1. The molecule has 1 aromatic heterocycles. The van der Waals surface area contributed by atoms with Crippen LogP contribution in [0.2, 0.25) is 0 Å². The second-order valence-corrected chi connectivity index (χ2v) is 4.37. The molecule has 0 saturated carbocycles. The third kappa shape index (κ3) is 3.43. The van der Waals surface area contributed by atoms with Crippen molar-refractivity contribution in [2.24, 2.45) is 0 Å². The van der Waals surface area contributed by atoms with Crippen LogP contribution in [-0.4, -0.2) is 12.0 Å². The molecule has 0 aliphatic heterocycles.